The molecule has 1 aliphatic heterocycles. The van der Waals surface area contributed by atoms with Crippen LogP contribution in [0.5, 0.6) is 0 Å². The summed E-state index contributed by atoms with van der Waals surface area (Å²) in [6.07, 6.45) is 0. The Hall–Kier alpha value is -1.06. The zero-order valence-electron chi connectivity index (χ0n) is 9.49. The van der Waals surface area contributed by atoms with E-state index in [4.69, 9.17) is 0 Å². The summed E-state index contributed by atoms with van der Waals surface area (Å²) in [4.78, 5) is 3.97. The highest BCUT2D eigenvalue weighted by Crippen LogP contribution is 2.37. The third-order valence-electron chi connectivity index (χ3n) is 3.17. The number of piperazine rings is 1. The second-order valence-corrected chi connectivity index (χ2v) is 5.50. The quantitative estimate of drug-likeness (QED) is 0.813. The van der Waals surface area contributed by atoms with Crippen LogP contribution in [-0.2, 0) is 0 Å². The molecule has 2 nitrogen and oxygen atoms in total. The minimum Gasteiger partial charge on any atom is -0.368 e. The van der Waals surface area contributed by atoms with Gasteiger partial charge in [-0.3, -0.25) is 0 Å². The Morgan fingerprint density at radius 3 is 2.75 bits per heavy atom. The minimum atomic E-state index is 1.10. The second-order valence-electron chi connectivity index (χ2n) is 4.24. The molecule has 0 saturated carbocycles. The van der Waals surface area contributed by atoms with Crippen molar-refractivity contribution in [3.05, 3.63) is 29.1 Å². The molecule has 0 radical (unpaired) electrons. The lowest BCUT2D eigenvalue weighted by Gasteiger charge is -2.29. The smallest absolute Gasteiger partial charge is 0.0585 e. The van der Waals surface area contributed by atoms with Crippen LogP contribution in [-0.4, -0.2) is 26.2 Å². The molecule has 1 aromatic heterocycles. The summed E-state index contributed by atoms with van der Waals surface area (Å²) in [6.45, 7) is 6.69. The van der Waals surface area contributed by atoms with Gasteiger partial charge in [0.15, 0.2) is 0 Å². The lowest BCUT2D eigenvalue weighted by Crippen LogP contribution is -2.43. The van der Waals surface area contributed by atoms with Gasteiger partial charge in [0.2, 0.25) is 0 Å². The van der Waals surface area contributed by atoms with Crippen molar-refractivity contribution in [1.82, 2.24) is 5.32 Å². The Labute approximate surface area is 99.9 Å². The van der Waals surface area contributed by atoms with Gasteiger partial charge < -0.3 is 10.2 Å². The van der Waals surface area contributed by atoms with E-state index in [0.29, 0.717) is 0 Å². The molecule has 0 unspecified atom stereocenters. The molecule has 1 saturated heterocycles. The van der Waals surface area contributed by atoms with Crippen LogP contribution in [0.1, 0.15) is 4.88 Å². The van der Waals surface area contributed by atoms with Crippen LogP contribution in [0.15, 0.2) is 24.3 Å². The van der Waals surface area contributed by atoms with Crippen LogP contribution < -0.4 is 10.2 Å². The van der Waals surface area contributed by atoms with Crippen molar-refractivity contribution < 1.29 is 0 Å². The number of nitrogens with one attached hydrogen (secondary N) is 1. The molecule has 3 rings (SSSR count). The zero-order chi connectivity index (χ0) is 11.0. The molecule has 1 N–H and O–H groups in total. The van der Waals surface area contributed by atoms with Crippen molar-refractivity contribution in [2.24, 2.45) is 0 Å². The van der Waals surface area contributed by atoms with Crippen molar-refractivity contribution in [1.29, 1.82) is 0 Å². The highest BCUT2D eigenvalue weighted by Gasteiger charge is 2.17. The summed E-state index contributed by atoms with van der Waals surface area (Å²) < 4.78 is 1.41. The number of rotatable bonds is 1. The number of hydrogen-bond donors (Lipinski definition) is 1. The van der Waals surface area contributed by atoms with Crippen LogP contribution >= 0.6 is 11.3 Å². The van der Waals surface area contributed by atoms with Crippen LogP contribution in [0.4, 0.5) is 5.69 Å². The van der Waals surface area contributed by atoms with Crippen LogP contribution in [0.3, 0.4) is 0 Å². The lowest BCUT2D eigenvalue weighted by molar-refractivity contribution is 0.590. The van der Waals surface area contributed by atoms with Gasteiger partial charge in [-0.15, -0.1) is 11.3 Å². The fourth-order valence-corrected chi connectivity index (χ4v) is 3.52. The molecule has 84 valence electrons. The molecule has 1 aliphatic rings. The van der Waals surface area contributed by atoms with E-state index >= 15 is 0 Å². The van der Waals surface area contributed by atoms with Crippen molar-refractivity contribution in [2.45, 2.75) is 6.92 Å². The first kappa shape index (κ1) is 10.1. The summed E-state index contributed by atoms with van der Waals surface area (Å²) in [5.74, 6) is 0. The summed E-state index contributed by atoms with van der Waals surface area (Å²) in [6, 6.07) is 8.73. The molecule has 0 bridgehead atoms. The number of hydrogen-bond acceptors (Lipinski definition) is 3. The van der Waals surface area contributed by atoms with Crippen molar-refractivity contribution in [3.8, 4) is 0 Å². The first-order chi connectivity index (χ1) is 7.86. The Balaban J connectivity index is 2.10. The van der Waals surface area contributed by atoms with Gasteiger partial charge in [0.1, 0.15) is 0 Å². The van der Waals surface area contributed by atoms with Gasteiger partial charge in [0.25, 0.3) is 0 Å². The molecule has 0 aliphatic carbocycles. The third-order valence-corrected chi connectivity index (χ3v) is 4.25. The van der Waals surface area contributed by atoms with Crippen molar-refractivity contribution in [3.63, 3.8) is 0 Å². The minimum absolute atomic E-state index is 1.10. The summed E-state index contributed by atoms with van der Waals surface area (Å²) >= 11 is 1.91. The molecule has 2 aromatic rings. The molecular formula is C13H16N2S. The van der Waals surface area contributed by atoms with Gasteiger partial charge in [-0.25, -0.2) is 0 Å². The Kier molecular flexibility index (Phi) is 2.58. The topological polar surface area (TPSA) is 15.3 Å². The third kappa shape index (κ3) is 1.60. The fourth-order valence-electron chi connectivity index (χ4n) is 2.44. The van der Waals surface area contributed by atoms with Gasteiger partial charge in [0.05, 0.1) is 5.69 Å². The molecule has 1 fully saturated rings. The van der Waals surface area contributed by atoms with Crippen LogP contribution in [0, 0.1) is 6.92 Å². The molecule has 0 spiro atoms. The predicted octanol–water partition coefficient (Wildman–Crippen LogP) is 2.62. The number of thiophene rings is 1. The summed E-state index contributed by atoms with van der Waals surface area (Å²) in [5.41, 5.74) is 1.46. The molecule has 0 amide bonds. The Bertz CT molecular complexity index is 498. The highest BCUT2D eigenvalue weighted by molar-refractivity contribution is 7.19. The second kappa shape index (κ2) is 4.07. The predicted molar refractivity (Wildman–Crippen MR) is 71.6 cm³/mol. The molecular weight excluding hydrogens is 216 g/mol. The van der Waals surface area contributed by atoms with Crippen LogP contribution in [0.25, 0.3) is 10.1 Å². The number of aryl methyl sites for hydroxylation is 1. The van der Waals surface area contributed by atoms with E-state index in [0.717, 1.165) is 26.2 Å². The molecule has 3 heteroatoms. The average Bonchev–Trinajstić information content (AvgIpc) is 2.66. The van der Waals surface area contributed by atoms with E-state index in [2.05, 4.69) is 41.4 Å². The maximum atomic E-state index is 3.41. The van der Waals surface area contributed by atoms with Gasteiger partial charge in [-0.05, 0) is 13.0 Å². The molecule has 16 heavy (non-hydrogen) atoms. The standard InChI is InChI=1S/C13H16N2S/c1-10-13(15-8-6-14-7-9-15)11-4-2-3-5-12(11)16-10/h2-5,14H,6-9H2,1H3. The monoisotopic (exact) mass is 232 g/mol. The molecule has 2 heterocycles. The van der Waals surface area contributed by atoms with E-state index in [1.807, 2.05) is 11.3 Å². The SMILES string of the molecule is Cc1sc2ccccc2c1N1CCNCC1. The van der Waals surface area contributed by atoms with Gasteiger partial charge in [-0.2, -0.15) is 0 Å². The van der Waals surface area contributed by atoms with Gasteiger partial charge in [0, 0.05) is 41.1 Å². The Morgan fingerprint density at radius 1 is 1.19 bits per heavy atom. The highest BCUT2D eigenvalue weighted by atomic mass is 32.1. The maximum Gasteiger partial charge on any atom is 0.0585 e. The van der Waals surface area contributed by atoms with Crippen molar-refractivity contribution >= 4 is 27.1 Å². The number of anilines is 1. The summed E-state index contributed by atoms with van der Waals surface area (Å²) in [7, 11) is 0. The van der Waals surface area contributed by atoms with E-state index in [-0.39, 0.29) is 0 Å². The number of benzene rings is 1. The van der Waals surface area contributed by atoms with E-state index < -0.39 is 0 Å². The van der Waals surface area contributed by atoms with Gasteiger partial charge >= 0.3 is 0 Å². The van der Waals surface area contributed by atoms with Gasteiger partial charge in [-0.1, -0.05) is 18.2 Å². The normalized spacial score (nSPS) is 16.9. The summed E-state index contributed by atoms with van der Waals surface area (Å²) in [5, 5.41) is 4.83. The zero-order valence-corrected chi connectivity index (χ0v) is 10.3. The van der Waals surface area contributed by atoms with Crippen molar-refractivity contribution in [2.75, 3.05) is 31.1 Å². The molecule has 0 atom stereocenters. The van der Waals surface area contributed by atoms with Crippen LogP contribution in [0.2, 0.25) is 0 Å². The average molecular weight is 232 g/mol. The van der Waals surface area contributed by atoms with E-state index in [1.165, 1.54) is 20.7 Å². The number of nitrogens with zero attached hydrogens (tertiary/aromatic N) is 1. The van der Waals surface area contributed by atoms with E-state index in [1.54, 1.807) is 0 Å². The largest absolute Gasteiger partial charge is 0.368 e. The first-order valence-electron chi connectivity index (χ1n) is 5.80. The van der Waals surface area contributed by atoms with E-state index in [9.17, 15) is 0 Å². The first-order valence-corrected chi connectivity index (χ1v) is 6.62. The lowest BCUT2D eigenvalue weighted by atomic mass is 10.2. The fraction of sp³-hybridized carbons (Fsp3) is 0.385. The molecule has 1 aromatic carbocycles. The number of fused-ring (bicyclic) bond motifs is 1. The Morgan fingerprint density at radius 2 is 1.94 bits per heavy atom. The maximum absolute atomic E-state index is 3.41.